The first-order valence-electron chi connectivity index (χ1n) is 6.47. The Hall–Kier alpha value is -1.06. The highest BCUT2D eigenvalue weighted by Gasteiger charge is 2.17. The van der Waals surface area contributed by atoms with Crippen molar-refractivity contribution in [3.63, 3.8) is 0 Å². The van der Waals surface area contributed by atoms with Gasteiger partial charge >= 0.3 is 0 Å². The van der Waals surface area contributed by atoms with E-state index in [1.165, 1.54) is 24.1 Å². The maximum atomic E-state index is 9.91. The van der Waals surface area contributed by atoms with Crippen molar-refractivity contribution in [3.8, 4) is 0 Å². The van der Waals surface area contributed by atoms with E-state index in [0.717, 1.165) is 19.5 Å². The van der Waals surface area contributed by atoms with Crippen LogP contribution in [0.3, 0.4) is 0 Å². The van der Waals surface area contributed by atoms with E-state index in [4.69, 9.17) is 0 Å². The van der Waals surface area contributed by atoms with Gasteiger partial charge in [-0.15, -0.1) is 0 Å². The Morgan fingerprint density at radius 3 is 3.00 bits per heavy atom. The highest BCUT2D eigenvalue weighted by Crippen LogP contribution is 2.25. The van der Waals surface area contributed by atoms with Gasteiger partial charge in [0.2, 0.25) is 0 Å². The number of aliphatic hydroxyl groups excluding tert-OH is 1. The van der Waals surface area contributed by atoms with E-state index >= 15 is 0 Å². The van der Waals surface area contributed by atoms with Gasteiger partial charge < -0.3 is 15.3 Å². The molecular formula is C14H22N2O. The molecule has 0 fully saturated rings. The van der Waals surface area contributed by atoms with Crippen LogP contribution < -0.4 is 10.2 Å². The molecule has 0 radical (unpaired) electrons. The molecule has 0 saturated carbocycles. The van der Waals surface area contributed by atoms with E-state index in [1.807, 2.05) is 7.05 Å². The highest BCUT2D eigenvalue weighted by molar-refractivity contribution is 5.54. The number of likely N-dealkylation sites (N-methyl/N-ethyl adjacent to an activating group) is 1. The number of para-hydroxylation sites is 1. The van der Waals surface area contributed by atoms with Gasteiger partial charge in [-0.1, -0.05) is 18.2 Å². The van der Waals surface area contributed by atoms with Gasteiger partial charge in [-0.2, -0.15) is 0 Å². The summed E-state index contributed by atoms with van der Waals surface area (Å²) in [7, 11) is 1.87. The van der Waals surface area contributed by atoms with Crippen molar-refractivity contribution >= 4 is 5.69 Å². The second kappa shape index (κ2) is 6.03. The summed E-state index contributed by atoms with van der Waals surface area (Å²) in [5.74, 6) is 0. The van der Waals surface area contributed by atoms with Crippen LogP contribution in [0.4, 0.5) is 5.69 Å². The Morgan fingerprint density at radius 1 is 1.35 bits per heavy atom. The van der Waals surface area contributed by atoms with Gasteiger partial charge in [0.1, 0.15) is 0 Å². The van der Waals surface area contributed by atoms with Crippen LogP contribution in [0.15, 0.2) is 24.3 Å². The third kappa shape index (κ3) is 3.20. The Morgan fingerprint density at radius 2 is 2.18 bits per heavy atom. The maximum Gasteiger partial charge on any atom is 0.0839 e. The fourth-order valence-corrected chi connectivity index (χ4v) is 2.51. The molecule has 17 heavy (non-hydrogen) atoms. The van der Waals surface area contributed by atoms with Crippen molar-refractivity contribution in [1.82, 2.24) is 5.32 Å². The van der Waals surface area contributed by atoms with Crippen molar-refractivity contribution < 1.29 is 5.11 Å². The predicted octanol–water partition coefficient (Wildman–Crippen LogP) is 1.41. The molecule has 2 rings (SSSR count). The van der Waals surface area contributed by atoms with Gasteiger partial charge in [-0.25, -0.2) is 0 Å². The molecule has 3 nitrogen and oxygen atoms in total. The molecule has 0 saturated heterocycles. The van der Waals surface area contributed by atoms with Crippen LogP contribution in [0.1, 0.15) is 18.4 Å². The van der Waals surface area contributed by atoms with E-state index in [2.05, 4.69) is 34.5 Å². The lowest BCUT2D eigenvalue weighted by atomic mass is 10.1. The van der Waals surface area contributed by atoms with E-state index in [9.17, 15) is 5.11 Å². The second-order valence-corrected chi connectivity index (χ2v) is 4.74. The number of hydrogen-bond donors (Lipinski definition) is 2. The van der Waals surface area contributed by atoms with Gasteiger partial charge in [0.15, 0.2) is 0 Å². The van der Waals surface area contributed by atoms with Gasteiger partial charge in [-0.3, -0.25) is 0 Å². The first-order chi connectivity index (χ1) is 8.31. The summed E-state index contributed by atoms with van der Waals surface area (Å²) in [6.07, 6.45) is 3.32. The summed E-state index contributed by atoms with van der Waals surface area (Å²) in [6.45, 7) is 2.42. The number of aryl methyl sites for hydroxylation is 1. The Balaban J connectivity index is 2.11. The van der Waals surface area contributed by atoms with Crippen molar-refractivity contribution in [2.24, 2.45) is 0 Å². The topological polar surface area (TPSA) is 35.5 Å². The number of nitrogens with one attached hydrogen (secondary N) is 1. The number of hydrogen-bond acceptors (Lipinski definition) is 3. The van der Waals surface area contributed by atoms with Crippen LogP contribution in [-0.4, -0.2) is 37.9 Å². The van der Waals surface area contributed by atoms with E-state index in [-0.39, 0.29) is 6.10 Å². The number of anilines is 1. The van der Waals surface area contributed by atoms with Crippen LogP contribution in [0.5, 0.6) is 0 Å². The normalized spacial score (nSPS) is 17.4. The number of rotatable bonds is 4. The monoisotopic (exact) mass is 234 g/mol. The number of aliphatic hydroxyl groups is 1. The van der Waals surface area contributed by atoms with Gasteiger partial charge in [0, 0.05) is 25.3 Å². The summed E-state index contributed by atoms with van der Waals surface area (Å²) in [5.41, 5.74) is 2.72. The zero-order chi connectivity index (χ0) is 12.1. The summed E-state index contributed by atoms with van der Waals surface area (Å²) in [6, 6.07) is 8.57. The number of nitrogens with zero attached hydrogens (tertiary/aromatic N) is 1. The molecule has 94 valence electrons. The van der Waals surface area contributed by atoms with Gasteiger partial charge in [0.25, 0.3) is 0 Å². The third-order valence-electron chi connectivity index (χ3n) is 3.33. The van der Waals surface area contributed by atoms with Crippen molar-refractivity contribution in [3.05, 3.63) is 29.8 Å². The van der Waals surface area contributed by atoms with E-state index < -0.39 is 0 Å². The summed E-state index contributed by atoms with van der Waals surface area (Å²) in [4.78, 5) is 2.32. The second-order valence-electron chi connectivity index (χ2n) is 4.74. The van der Waals surface area contributed by atoms with Gasteiger partial charge in [-0.05, 0) is 37.9 Å². The SMILES string of the molecule is CNCC(O)CN1CCCCc2ccccc21. The molecule has 0 aromatic heterocycles. The molecule has 1 aromatic carbocycles. The molecule has 1 aromatic rings. The molecule has 0 spiro atoms. The molecule has 0 bridgehead atoms. The lowest BCUT2D eigenvalue weighted by molar-refractivity contribution is 0.179. The Bertz CT molecular complexity index is 354. The molecule has 1 atom stereocenters. The third-order valence-corrected chi connectivity index (χ3v) is 3.33. The molecule has 1 unspecified atom stereocenters. The molecule has 0 amide bonds. The molecule has 1 aliphatic rings. The first-order valence-corrected chi connectivity index (χ1v) is 6.47. The fraction of sp³-hybridized carbons (Fsp3) is 0.571. The summed E-state index contributed by atoms with van der Waals surface area (Å²) >= 11 is 0. The molecule has 1 aliphatic heterocycles. The predicted molar refractivity (Wildman–Crippen MR) is 71.5 cm³/mol. The Labute approximate surface area is 103 Å². The lowest BCUT2D eigenvalue weighted by Crippen LogP contribution is -2.38. The minimum atomic E-state index is -0.300. The van der Waals surface area contributed by atoms with Crippen molar-refractivity contribution in [2.45, 2.75) is 25.4 Å². The minimum Gasteiger partial charge on any atom is -0.390 e. The summed E-state index contributed by atoms with van der Waals surface area (Å²) in [5, 5.41) is 12.9. The van der Waals surface area contributed by atoms with Crippen LogP contribution in [-0.2, 0) is 6.42 Å². The maximum absolute atomic E-state index is 9.91. The van der Waals surface area contributed by atoms with E-state index in [1.54, 1.807) is 0 Å². The minimum absolute atomic E-state index is 0.300. The largest absolute Gasteiger partial charge is 0.390 e. The fourth-order valence-electron chi connectivity index (χ4n) is 2.51. The number of fused-ring (bicyclic) bond motifs is 1. The average Bonchev–Trinajstić information content (AvgIpc) is 2.53. The lowest BCUT2D eigenvalue weighted by Gasteiger charge is -2.27. The number of β-amino-alcohol motifs (C(OH)–C–C–N with tert-alkyl or cyclic N) is 1. The van der Waals surface area contributed by atoms with Crippen molar-refractivity contribution in [1.29, 1.82) is 0 Å². The smallest absolute Gasteiger partial charge is 0.0839 e. The van der Waals surface area contributed by atoms with E-state index in [0.29, 0.717) is 6.54 Å². The average molecular weight is 234 g/mol. The van der Waals surface area contributed by atoms with Crippen LogP contribution in [0.25, 0.3) is 0 Å². The number of benzene rings is 1. The standard InChI is InChI=1S/C14H22N2O/c1-15-10-13(17)11-16-9-5-4-7-12-6-2-3-8-14(12)16/h2-3,6,8,13,15,17H,4-5,7,9-11H2,1H3. The molecule has 0 aliphatic carbocycles. The van der Waals surface area contributed by atoms with Crippen LogP contribution in [0, 0.1) is 0 Å². The van der Waals surface area contributed by atoms with Crippen LogP contribution >= 0.6 is 0 Å². The Kier molecular flexibility index (Phi) is 4.40. The van der Waals surface area contributed by atoms with Crippen molar-refractivity contribution in [2.75, 3.05) is 31.6 Å². The van der Waals surface area contributed by atoms with Crippen LogP contribution in [0.2, 0.25) is 0 Å². The molecule has 1 heterocycles. The molecular weight excluding hydrogens is 212 g/mol. The first kappa shape index (κ1) is 12.4. The highest BCUT2D eigenvalue weighted by atomic mass is 16.3. The zero-order valence-corrected chi connectivity index (χ0v) is 10.5. The molecule has 3 heteroatoms. The zero-order valence-electron chi connectivity index (χ0n) is 10.5. The molecule has 2 N–H and O–H groups in total. The quantitative estimate of drug-likeness (QED) is 0.827. The van der Waals surface area contributed by atoms with Gasteiger partial charge in [0.05, 0.1) is 6.10 Å². The summed E-state index contributed by atoms with van der Waals surface area (Å²) < 4.78 is 0.